The number of halogens is 2. The number of hydrogen-bond acceptors (Lipinski definition) is 2. The van der Waals surface area contributed by atoms with E-state index in [4.69, 9.17) is 5.73 Å². The molecular formula is C14H20F2N2. The van der Waals surface area contributed by atoms with Gasteiger partial charge in [-0.25, -0.2) is 8.78 Å². The fraction of sp³-hybridized carbons (Fsp3) is 0.571. The molecule has 0 saturated carbocycles. The lowest BCUT2D eigenvalue weighted by Gasteiger charge is -2.40. The molecule has 1 saturated heterocycles. The Balaban J connectivity index is 2.20. The van der Waals surface area contributed by atoms with Gasteiger partial charge in [0.2, 0.25) is 0 Å². The minimum absolute atomic E-state index is 0.122. The van der Waals surface area contributed by atoms with Crippen LogP contribution in [0, 0.1) is 11.6 Å². The topological polar surface area (TPSA) is 29.3 Å². The number of rotatable bonds is 2. The Hall–Kier alpha value is -1.00. The van der Waals surface area contributed by atoms with E-state index in [9.17, 15) is 8.78 Å². The highest BCUT2D eigenvalue weighted by molar-refractivity contribution is 5.22. The minimum atomic E-state index is -0.777. The SMILES string of the molecule is CC1CC(N)CCN1C(C)c1cccc(F)c1F. The van der Waals surface area contributed by atoms with Crippen molar-refractivity contribution in [2.75, 3.05) is 6.54 Å². The Morgan fingerprint density at radius 1 is 1.39 bits per heavy atom. The summed E-state index contributed by atoms with van der Waals surface area (Å²) in [5, 5.41) is 0. The van der Waals surface area contributed by atoms with Crippen LogP contribution >= 0.6 is 0 Å². The van der Waals surface area contributed by atoms with E-state index < -0.39 is 11.6 Å². The van der Waals surface area contributed by atoms with E-state index in [2.05, 4.69) is 11.8 Å². The van der Waals surface area contributed by atoms with Gasteiger partial charge in [0.15, 0.2) is 11.6 Å². The summed E-state index contributed by atoms with van der Waals surface area (Å²) in [6, 6.07) is 4.77. The Kier molecular flexibility index (Phi) is 3.97. The normalized spacial score (nSPS) is 27.2. The molecular weight excluding hydrogens is 234 g/mol. The summed E-state index contributed by atoms with van der Waals surface area (Å²) < 4.78 is 27.0. The lowest BCUT2D eigenvalue weighted by molar-refractivity contribution is 0.102. The van der Waals surface area contributed by atoms with Gasteiger partial charge in [-0.05, 0) is 32.8 Å². The molecule has 1 heterocycles. The van der Waals surface area contributed by atoms with Crippen molar-refractivity contribution in [1.82, 2.24) is 4.90 Å². The first-order valence-corrected chi connectivity index (χ1v) is 6.46. The van der Waals surface area contributed by atoms with Gasteiger partial charge in [-0.3, -0.25) is 4.90 Å². The molecule has 0 amide bonds. The van der Waals surface area contributed by atoms with Crippen molar-refractivity contribution < 1.29 is 8.78 Å². The Morgan fingerprint density at radius 3 is 2.78 bits per heavy atom. The van der Waals surface area contributed by atoms with Gasteiger partial charge in [0.05, 0.1) is 0 Å². The van der Waals surface area contributed by atoms with Crippen molar-refractivity contribution in [2.45, 2.75) is 44.8 Å². The first-order chi connectivity index (χ1) is 8.50. The molecule has 2 nitrogen and oxygen atoms in total. The number of hydrogen-bond donors (Lipinski definition) is 1. The van der Waals surface area contributed by atoms with Crippen LogP contribution in [0.3, 0.4) is 0 Å². The van der Waals surface area contributed by atoms with E-state index in [1.54, 1.807) is 12.1 Å². The van der Waals surface area contributed by atoms with Gasteiger partial charge in [-0.15, -0.1) is 0 Å². The summed E-state index contributed by atoms with van der Waals surface area (Å²) in [6.45, 7) is 4.84. The summed E-state index contributed by atoms with van der Waals surface area (Å²) in [4.78, 5) is 2.20. The molecule has 1 fully saturated rings. The predicted octanol–water partition coefficient (Wildman–Crippen LogP) is 2.84. The maximum atomic E-state index is 13.8. The molecule has 1 aromatic rings. The second-order valence-corrected chi connectivity index (χ2v) is 5.19. The predicted molar refractivity (Wildman–Crippen MR) is 68.2 cm³/mol. The molecule has 4 heteroatoms. The zero-order valence-electron chi connectivity index (χ0n) is 10.9. The standard InChI is InChI=1S/C14H20F2N2/c1-9-8-11(17)6-7-18(9)10(2)12-4-3-5-13(15)14(12)16/h3-5,9-11H,6-8,17H2,1-2H3. The molecule has 2 N–H and O–H groups in total. The molecule has 0 spiro atoms. The number of benzene rings is 1. The van der Waals surface area contributed by atoms with E-state index >= 15 is 0 Å². The molecule has 3 atom stereocenters. The summed E-state index contributed by atoms with van der Waals surface area (Å²) in [6.07, 6.45) is 1.81. The van der Waals surface area contributed by atoms with Crippen molar-refractivity contribution in [3.63, 3.8) is 0 Å². The summed E-state index contributed by atoms with van der Waals surface area (Å²) in [7, 11) is 0. The average molecular weight is 254 g/mol. The van der Waals surface area contributed by atoms with Crippen LogP contribution in [0.5, 0.6) is 0 Å². The third-order valence-electron chi connectivity index (χ3n) is 3.90. The van der Waals surface area contributed by atoms with Gasteiger partial charge in [-0.1, -0.05) is 12.1 Å². The molecule has 1 aromatic carbocycles. The molecule has 100 valence electrons. The second-order valence-electron chi connectivity index (χ2n) is 5.19. The molecule has 0 aliphatic carbocycles. The van der Waals surface area contributed by atoms with Crippen LogP contribution in [0.15, 0.2) is 18.2 Å². The second kappa shape index (κ2) is 5.33. The lowest BCUT2D eigenvalue weighted by Crippen LogP contribution is -2.46. The third kappa shape index (κ3) is 2.54. The first kappa shape index (κ1) is 13.4. The summed E-state index contributed by atoms with van der Waals surface area (Å²) in [5.41, 5.74) is 6.35. The molecule has 3 unspecified atom stereocenters. The van der Waals surface area contributed by atoms with E-state index in [0.29, 0.717) is 11.6 Å². The van der Waals surface area contributed by atoms with Crippen molar-refractivity contribution in [1.29, 1.82) is 0 Å². The van der Waals surface area contributed by atoms with E-state index in [1.165, 1.54) is 0 Å². The molecule has 1 aliphatic heterocycles. The van der Waals surface area contributed by atoms with E-state index in [1.807, 2.05) is 6.92 Å². The fourth-order valence-corrected chi connectivity index (χ4v) is 2.82. The lowest BCUT2D eigenvalue weighted by atomic mass is 9.95. The maximum absolute atomic E-state index is 13.8. The highest BCUT2D eigenvalue weighted by Gasteiger charge is 2.29. The number of nitrogens with zero attached hydrogens (tertiary/aromatic N) is 1. The van der Waals surface area contributed by atoms with E-state index in [-0.39, 0.29) is 12.1 Å². The fourth-order valence-electron chi connectivity index (χ4n) is 2.82. The minimum Gasteiger partial charge on any atom is -0.328 e. The molecule has 0 radical (unpaired) electrons. The number of likely N-dealkylation sites (tertiary alicyclic amines) is 1. The highest BCUT2D eigenvalue weighted by Crippen LogP contribution is 2.29. The largest absolute Gasteiger partial charge is 0.328 e. The zero-order valence-corrected chi connectivity index (χ0v) is 10.9. The average Bonchev–Trinajstić information content (AvgIpc) is 2.32. The van der Waals surface area contributed by atoms with Gasteiger partial charge in [0.1, 0.15) is 0 Å². The van der Waals surface area contributed by atoms with Gasteiger partial charge in [0, 0.05) is 30.2 Å². The van der Waals surface area contributed by atoms with Crippen LogP contribution in [0.1, 0.15) is 38.3 Å². The van der Waals surface area contributed by atoms with Gasteiger partial charge in [-0.2, -0.15) is 0 Å². The van der Waals surface area contributed by atoms with Gasteiger partial charge in [0.25, 0.3) is 0 Å². The number of piperidine rings is 1. The maximum Gasteiger partial charge on any atom is 0.163 e. The van der Waals surface area contributed by atoms with Gasteiger partial charge >= 0.3 is 0 Å². The van der Waals surface area contributed by atoms with Crippen LogP contribution in [-0.2, 0) is 0 Å². The molecule has 0 bridgehead atoms. The first-order valence-electron chi connectivity index (χ1n) is 6.46. The van der Waals surface area contributed by atoms with Crippen molar-refractivity contribution >= 4 is 0 Å². The third-order valence-corrected chi connectivity index (χ3v) is 3.90. The molecule has 0 aromatic heterocycles. The number of nitrogens with two attached hydrogens (primary N) is 1. The highest BCUT2D eigenvalue weighted by atomic mass is 19.2. The zero-order chi connectivity index (χ0) is 13.3. The van der Waals surface area contributed by atoms with Crippen LogP contribution in [0.4, 0.5) is 8.78 Å². The molecule has 2 rings (SSSR count). The monoisotopic (exact) mass is 254 g/mol. The summed E-state index contributed by atoms with van der Waals surface area (Å²) in [5.74, 6) is -1.51. The van der Waals surface area contributed by atoms with E-state index in [0.717, 1.165) is 25.5 Å². The van der Waals surface area contributed by atoms with Crippen LogP contribution in [0.2, 0.25) is 0 Å². The Morgan fingerprint density at radius 2 is 2.11 bits per heavy atom. The van der Waals surface area contributed by atoms with Crippen molar-refractivity contribution in [3.8, 4) is 0 Å². The van der Waals surface area contributed by atoms with Crippen LogP contribution in [-0.4, -0.2) is 23.5 Å². The Bertz CT molecular complexity index is 422. The molecule has 1 aliphatic rings. The van der Waals surface area contributed by atoms with Crippen LogP contribution < -0.4 is 5.73 Å². The smallest absolute Gasteiger partial charge is 0.163 e. The summed E-state index contributed by atoms with van der Waals surface area (Å²) >= 11 is 0. The Labute approximate surface area is 107 Å². The van der Waals surface area contributed by atoms with Gasteiger partial charge < -0.3 is 5.73 Å². The quantitative estimate of drug-likeness (QED) is 0.879. The van der Waals surface area contributed by atoms with Crippen molar-refractivity contribution in [3.05, 3.63) is 35.4 Å². The van der Waals surface area contributed by atoms with Crippen LogP contribution in [0.25, 0.3) is 0 Å². The van der Waals surface area contributed by atoms with Crippen molar-refractivity contribution in [2.24, 2.45) is 5.73 Å². The molecule has 18 heavy (non-hydrogen) atoms.